The maximum absolute atomic E-state index is 11.2. The molecule has 1 rings (SSSR count). The fourth-order valence-corrected chi connectivity index (χ4v) is 1.04. The smallest absolute Gasteiger partial charge is 0.271 e. The summed E-state index contributed by atoms with van der Waals surface area (Å²) < 4.78 is 5.10. The minimum Gasteiger partial charge on any atom is -0.359 e. The van der Waals surface area contributed by atoms with Crippen LogP contribution in [0.5, 0.6) is 0 Å². The Bertz CT molecular complexity index is 406. The fourth-order valence-electron chi connectivity index (χ4n) is 1.04. The Morgan fingerprint density at radius 1 is 1.35 bits per heavy atom. The first-order valence-corrected chi connectivity index (χ1v) is 5.16. The van der Waals surface area contributed by atoms with Gasteiger partial charge in [0.1, 0.15) is 13.2 Å². The molecule has 0 atom stereocenters. The molecule has 4 nitrogen and oxygen atoms in total. The lowest BCUT2D eigenvalue weighted by atomic mass is 10.2. The van der Waals surface area contributed by atoms with Crippen LogP contribution in [0.4, 0.5) is 0 Å². The van der Waals surface area contributed by atoms with Crippen molar-refractivity contribution in [2.75, 3.05) is 27.4 Å². The second kappa shape index (κ2) is 7.44. The number of carbonyl (C=O) groups is 1. The van der Waals surface area contributed by atoms with Gasteiger partial charge in [0, 0.05) is 12.6 Å². The van der Waals surface area contributed by atoms with Crippen LogP contribution in [0.15, 0.2) is 30.3 Å². The van der Waals surface area contributed by atoms with E-state index in [1.54, 1.807) is 0 Å². The van der Waals surface area contributed by atoms with Gasteiger partial charge in [0.15, 0.2) is 0 Å². The largest absolute Gasteiger partial charge is 0.359 e. The zero-order valence-electron chi connectivity index (χ0n) is 9.97. The lowest BCUT2D eigenvalue weighted by molar-refractivity contribution is -0.172. The highest BCUT2D eigenvalue weighted by Crippen LogP contribution is 1.94. The molecular formula is C13H15NO3. The molecule has 0 heterocycles. The van der Waals surface area contributed by atoms with Crippen molar-refractivity contribution < 1.29 is 14.4 Å². The highest BCUT2D eigenvalue weighted by molar-refractivity contribution is 5.76. The van der Waals surface area contributed by atoms with Crippen molar-refractivity contribution in [3.63, 3.8) is 0 Å². The molecule has 0 radical (unpaired) electrons. The number of hydroxylamine groups is 2. The van der Waals surface area contributed by atoms with Gasteiger partial charge in [-0.25, -0.2) is 5.06 Å². The van der Waals surface area contributed by atoms with Crippen LogP contribution in [-0.2, 0) is 14.4 Å². The van der Waals surface area contributed by atoms with Gasteiger partial charge < -0.3 is 4.74 Å². The van der Waals surface area contributed by atoms with E-state index in [-0.39, 0.29) is 19.1 Å². The second-order valence-corrected chi connectivity index (χ2v) is 3.23. The number of amides is 1. The zero-order valence-corrected chi connectivity index (χ0v) is 9.97. The second-order valence-electron chi connectivity index (χ2n) is 3.23. The first-order chi connectivity index (χ1) is 8.24. The van der Waals surface area contributed by atoms with E-state index in [1.165, 1.54) is 14.2 Å². The highest BCUT2D eigenvalue weighted by Gasteiger charge is 2.06. The van der Waals surface area contributed by atoms with Gasteiger partial charge in [-0.3, -0.25) is 9.63 Å². The number of ether oxygens (including phenoxy) is 1. The van der Waals surface area contributed by atoms with Gasteiger partial charge in [0.05, 0.1) is 7.11 Å². The van der Waals surface area contributed by atoms with Gasteiger partial charge in [-0.1, -0.05) is 30.0 Å². The predicted molar refractivity (Wildman–Crippen MR) is 63.9 cm³/mol. The Balaban J connectivity index is 2.25. The van der Waals surface area contributed by atoms with Crippen LogP contribution in [-0.4, -0.2) is 38.3 Å². The van der Waals surface area contributed by atoms with Crippen molar-refractivity contribution in [2.24, 2.45) is 0 Å². The first kappa shape index (κ1) is 13.2. The topological polar surface area (TPSA) is 38.8 Å². The van der Waals surface area contributed by atoms with Crippen LogP contribution in [0.1, 0.15) is 5.56 Å². The summed E-state index contributed by atoms with van der Waals surface area (Å²) in [5.74, 6) is 5.52. The molecule has 1 aromatic carbocycles. The Hall–Kier alpha value is -1.83. The van der Waals surface area contributed by atoms with Crippen LogP contribution in [0.25, 0.3) is 0 Å². The monoisotopic (exact) mass is 233 g/mol. The molecule has 0 saturated carbocycles. The first-order valence-electron chi connectivity index (χ1n) is 5.16. The number of hydrogen-bond donors (Lipinski definition) is 0. The van der Waals surface area contributed by atoms with Crippen molar-refractivity contribution in [3.8, 4) is 11.8 Å². The summed E-state index contributed by atoms with van der Waals surface area (Å²) in [6.45, 7) is 0.187. The van der Waals surface area contributed by atoms with Gasteiger partial charge in [-0.05, 0) is 12.1 Å². The highest BCUT2D eigenvalue weighted by atomic mass is 16.7. The lowest BCUT2D eigenvalue weighted by Gasteiger charge is -2.12. The van der Waals surface area contributed by atoms with Crippen LogP contribution in [0.2, 0.25) is 0 Å². The Morgan fingerprint density at radius 2 is 2.06 bits per heavy atom. The SMILES string of the molecule is CON(C)C(=O)COCC#Cc1ccccc1. The molecular weight excluding hydrogens is 218 g/mol. The average molecular weight is 233 g/mol. The zero-order chi connectivity index (χ0) is 12.5. The number of rotatable bonds is 4. The van der Waals surface area contributed by atoms with Gasteiger partial charge in [-0.2, -0.15) is 0 Å². The molecule has 0 spiro atoms. The van der Waals surface area contributed by atoms with Crippen LogP contribution in [0.3, 0.4) is 0 Å². The number of nitrogens with zero attached hydrogens (tertiary/aromatic N) is 1. The summed E-state index contributed by atoms with van der Waals surface area (Å²) in [6, 6.07) is 9.60. The molecule has 0 saturated heterocycles. The van der Waals surface area contributed by atoms with E-state index in [0.29, 0.717) is 0 Å². The van der Waals surface area contributed by atoms with Crippen molar-refractivity contribution >= 4 is 5.91 Å². The van der Waals surface area contributed by atoms with Gasteiger partial charge in [0.2, 0.25) is 0 Å². The van der Waals surface area contributed by atoms with Crippen LogP contribution >= 0.6 is 0 Å². The molecule has 0 aliphatic heterocycles. The molecule has 0 fully saturated rings. The molecule has 0 unspecified atom stereocenters. The number of carbonyl (C=O) groups excluding carboxylic acids is 1. The van der Waals surface area contributed by atoms with Crippen molar-refractivity contribution in [1.82, 2.24) is 5.06 Å². The van der Waals surface area contributed by atoms with E-state index in [4.69, 9.17) is 9.57 Å². The van der Waals surface area contributed by atoms with Gasteiger partial charge in [-0.15, -0.1) is 0 Å². The number of hydrogen-bond acceptors (Lipinski definition) is 3. The molecule has 4 heteroatoms. The Kier molecular flexibility index (Phi) is 5.80. The normalized spacial score (nSPS) is 9.29. The molecule has 0 bridgehead atoms. The summed E-state index contributed by atoms with van der Waals surface area (Å²) in [5, 5.41) is 1.12. The maximum Gasteiger partial charge on any atom is 0.271 e. The summed E-state index contributed by atoms with van der Waals surface area (Å²) >= 11 is 0. The lowest BCUT2D eigenvalue weighted by Crippen LogP contribution is -2.29. The Labute approximate surface area is 101 Å². The summed E-state index contributed by atoms with van der Waals surface area (Å²) in [6.07, 6.45) is 0. The van der Waals surface area contributed by atoms with E-state index in [0.717, 1.165) is 10.6 Å². The van der Waals surface area contributed by atoms with Crippen LogP contribution < -0.4 is 0 Å². The third-order valence-electron chi connectivity index (χ3n) is 2.03. The standard InChI is InChI=1S/C13H15NO3/c1-14(16-2)13(15)11-17-10-6-9-12-7-4-3-5-8-12/h3-5,7-8H,10-11H2,1-2H3. The predicted octanol–water partition coefficient (Wildman–Crippen LogP) is 1.07. The van der Waals surface area contributed by atoms with Crippen molar-refractivity contribution in [3.05, 3.63) is 35.9 Å². The van der Waals surface area contributed by atoms with Crippen molar-refractivity contribution in [2.45, 2.75) is 0 Å². The van der Waals surface area contributed by atoms with E-state index in [2.05, 4.69) is 11.8 Å². The number of benzene rings is 1. The third kappa shape index (κ3) is 5.16. The molecule has 17 heavy (non-hydrogen) atoms. The van der Waals surface area contributed by atoms with E-state index in [1.807, 2.05) is 30.3 Å². The van der Waals surface area contributed by atoms with E-state index in [9.17, 15) is 4.79 Å². The number of likely N-dealkylation sites (N-methyl/N-ethyl adjacent to an activating group) is 1. The van der Waals surface area contributed by atoms with Gasteiger partial charge in [0.25, 0.3) is 5.91 Å². The Morgan fingerprint density at radius 3 is 2.71 bits per heavy atom. The van der Waals surface area contributed by atoms with Crippen molar-refractivity contribution in [1.29, 1.82) is 0 Å². The van der Waals surface area contributed by atoms with Crippen LogP contribution in [0, 0.1) is 11.8 Å². The molecule has 0 aliphatic carbocycles. The molecule has 0 aromatic heterocycles. The minimum absolute atomic E-state index is 0.0339. The van der Waals surface area contributed by atoms with Gasteiger partial charge >= 0.3 is 0 Å². The molecule has 0 N–H and O–H groups in total. The summed E-state index contributed by atoms with van der Waals surface area (Å²) in [5.41, 5.74) is 0.927. The van der Waals surface area contributed by atoms with E-state index < -0.39 is 0 Å². The molecule has 90 valence electrons. The third-order valence-corrected chi connectivity index (χ3v) is 2.03. The minimum atomic E-state index is -0.242. The quantitative estimate of drug-likeness (QED) is 0.443. The average Bonchev–Trinajstić information content (AvgIpc) is 2.38. The summed E-state index contributed by atoms with van der Waals surface area (Å²) in [7, 11) is 2.95. The fraction of sp³-hybridized carbons (Fsp3) is 0.308. The van der Waals surface area contributed by atoms with E-state index >= 15 is 0 Å². The maximum atomic E-state index is 11.2. The molecule has 1 aromatic rings. The molecule has 0 aliphatic rings. The molecule has 1 amide bonds. The summed E-state index contributed by atoms with van der Waals surface area (Å²) in [4.78, 5) is 15.9.